The average Bonchev–Trinajstić information content (AvgIpc) is 2.06. The molecule has 0 saturated carbocycles. The number of halogens is 4. The van der Waals surface area contributed by atoms with Gasteiger partial charge in [0.15, 0.2) is 0 Å². The van der Waals surface area contributed by atoms with Crippen molar-refractivity contribution in [3.8, 4) is 0 Å². The highest BCUT2D eigenvalue weighted by Crippen LogP contribution is 2.41. The molecule has 0 aromatic carbocycles. The van der Waals surface area contributed by atoms with Crippen LogP contribution in [0.2, 0.25) is 0 Å². The van der Waals surface area contributed by atoms with Crippen LogP contribution in [0.15, 0.2) is 0 Å². The summed E-state index contributed by atoms with van der Waals surface area (Å²) >= 11 is 0. The van der Waals surface area contributed by atoms with E-state index in [9.17, 15) is 17.6 Å². The van der Waals surface area contributed by atoms with E-state index in [1.54, 1.807) is 0 Å². The first-order valence-corrected chi connectivity index (χ1v) is 5.32. The Morgan fingerprint density at radius 1 is 0.857 bits per heavy atom. The van der Waals surface area contributed by atoms with E-state index in [0.29, 0.717) is 0 Å². The lowest BCUT2D eigenvalue weighted by Gasteiger charge is -2.34. The number of rotatable bonds is 5. The molecule has 0 heterocycles. The van der Waals surface area contributed by atoms with E-state index in [2.05, 4.69) is 13.3 Å². The highest BCUT2D eigenvalue weighted by atomic mass is 28.4. The van der Waals surface area contributed by atoms with Crippen molar-refractivity contribution in [1.29, 1.82) is 0 Å². The predicted octanol–water partition coefficient (Wildman–Crippen LogP) is 1.69. The summed E-state index contributed by atoms with van der Waals surface area (Å²) in [6, 6.07) is 0. The SMILES string of the molecule is CO[Si](OC)(OC)C(F)(F)C(C)(F)F. The zero-order chi connectivity index (χ0) is 11.6. The zero-order valence-electron chi connectivity index (χ0n) is 8.24. The molecule has 0 aromatic rings. The van der Waals surface area contributed by atoms with Gasteiger partial charge in [-0.15, -0.1) is 0 Å². The van der Waals surface area contributed by atoms with Gasteiger partial charge >= 0.3 is 20.3 Å². The van der Waals surface area contributed by atoms with E-state index in [0.717, 1.165) is 21.3 Å². The lowest BCUT2D eigenvalue weighted by molar-refractivity contribution is -0.184. The molecule has 8 heteroatoms. The molecule has 14 heavy (non-hydrogen) atoms. The minimum Gasteiger partial charge on any atom is -0.373 e. The summed E-state index contributed by atoms with van der Waals surface area (Å²) in [5.74, 6) is -4.26. The quantitative estimate of drug-likeness (QED) is 0.537. The normalized spacial score (nSPS) is 14.6. The minimum absolute atomic E-state index is 0.0891. The van der Waals surface area contributed by atoms with Gasteiger partial charge in [0.05, 0.1) is 0 Å². The Hall–Kier alpha value is -0.183. The smallest absolute Gasteiger partial charge is 0.373 e. The summed E-state index contributed by atoms with van der Waals surface area (Å²) in [5.41, 5.74) is -4.46. The monoisotopic (exact) mass is 236 g/mol. The molecule has 0 saturated heterocycles. The first-order chi connectivity index (χ1) is 6.18. The van der Waals surface area contributed by atoms with Crippen molar-refractivity contribution in [1.82, 2.24) is 0 Å². The zero-order valence-corrected chi connectivity index (χ0v) is 9.24. The molecule has 0 bridgehead atoms. The van der Waals surface area contributed by atoms with Crippen LogP contribution in [0.1, 0.15) is 6.92 Å². The topological polar surface area (TPSA) is 27.7 Å². The molecule has 0 aliphatic rings. The second-order valence-electron chi connectivity index (χ2n) is 2.63. The van der Waals surface area contributed by atoms with Gasteiger partial charge in [0.25, 0.3) is 0 Å². The fourth-order valence-corrected chi connectivity index (χ4v) is 2.71. The van der Waals surface area contributed by atoms with Gasteiger partial charge in [-0.25, -0.2) is 8.78 Å². The van der Waals surface area contributed by atoms with Crippen LogP contribution in [-0.2, 0) is 13.3 Å². The van der Waals surface area contributed by atoms with Gasteiger partial charge in [0.2, 0.25) is 0 Å². The van der Waals surface area contributed by atoms with Crippen LogP contribution >= 0.6 is 0 Å². The molecular weight excluding hydrogens is 224 g/mol. The van der Waals surface area contributed by atoms with Gasteiger partial charge in [-0.2, -0.15) is 8.78 Å². The van der Waals surface area contributed by atoms with Crippen LogP contribution in [0.25, 0.3) is 0 Å². The van der Waals surface area contributed by atoms with Crippen LogP contribution in [0, 0.1) is 0 Å². The maximum absolute atomic E-state index is 13.2. The third-order valence-corrected chi connectivity index (χ3v) is 4.56. The van der Waals surface area contributed by atoms with E-state index >= 15 is 0 Å². The van der Waals surface area contributed by atoms with Crippen LogP contribution in [0.3, 0.4) is 0 Å². The molecule has 3 nitrogen and oxygen atoms in total. The standard InChI is InChI=1S/C6H12F4O3Si/c1-5(7,8)6(9,10)14(11-2,12-3)13-4/h1-4H3. The summed E-state index contributed by atoms with van der Waals surface area (Å²) in [6.07, 6.45) is 0. The third-order valence-electron chi connectivity index (χ3n) is 1.74. The molecule has 0 fully saturated rings. The number of hydrogen-bond acceptors (Lipinski definition) is 3. The first kappa shape index (κ1) is 13.8. The Bertz CT molecular complexity index is 182. The molecule has 0 amide bonds. The van der Waals surface area contributed by atoms with Gasteiger partial charge < -0.3 is 13.3 Å². The molecular formula is C6H12F4O3Si. The summed E-state index contributed by atoms with van der Waals surface area (Å²) < 4.78 is 64.5. The number of hydrogen-bond donors (Lipinski definition) is 0. The lowest BCUT2D eigenvalue weighted by Crippen LogP contribution is -2.66. The maximum Gasteiger partial charge on any atom is 0.581 e. The highest BCUT2D eigenvalue weighted by Gasteiger charge is 2.74. The van der Waals surface area contributed by atoms with Crippen molar-refractivity contribution < 1.29 is 30.8 Å². The predicted molar refractivity (Wildman–Crippen MR) is 42.3 cm³/mol. The van der Waals surface area contributed by atoms with Crippen LogP contribution in [0.5, 0.6) is 0 Å². The molecule has 0 aliphatic carbocycles. The molecule has 0 rings (SSSR count). The fourth-order valence-electron chi connectivity index (χ4n) is 0.903. The van der Waals surface area contributed by atoms with Crippen LogP contribution in [-0.4, -0.2) is 41.6 Å². The average molecular weight is 236 g/mol. The van der Waals surface area contributed by atoms with E-state index in [4.69, 9.17) is 0 Å². The maximum atomic E-state index is 13.2. The van der Waals surface area contributed by atoms with E-state index < -0.39 is 20.3 Å². The second-order valence-corrected chi connectivity index (χ2v) is 5.60. The largest absolute Gasteiger partial charge is 0.581 e. The summed E-state index contributed by atoms with van der Waals surface area (Å²) in [5, 5.41) is 0. The minimum atomic E-state index is -4.66. The molecule has 0 N–H and O–H groups in total. The molecule has 0 aliphatic heterocycles. The molecule has 86 valence electrons. The van der Waals surface area contributed by atoms with Gasteiger partial charge in [0.1, 0.15) is 0 Å². The molecule has 0 atom stereocenters. The Morgan fingerprint density at radius 2 is 1.14 bits per heavy atom. The van der Waals surface area contributed by atoms with Crippen LogP contribution < -0.4 is 0 Å². The summed E-state index contributed by atoms with van der Waals surface area (Å²) in [6.45, 7) is 0.0891. The van der Waals surface area contributed by atoms with Gasteiger partial charge in [-0.3, -0.25) is 0 Å². The van der Waals surface area contributed by atoms with E-state index in [1.807, 2.05) is 0 Å². The van der Waals surface area contributed by atoms with Crippen LogP contribution in [0.4, 0.5) is 17.6 Å². The summed E-state index contributed by atoms with van der Waals surface area (Å²) in [4.78, 5) is 0. The Balaban J connectivity index is 5.19. The van der Waals surface area contributed by atoms with Crippen molar-refractivity contribution in [3.63, 3.8) is 0 Å². The Kier molecular flexibility index (Phi) is 4.08. The Labute approximate surface area is 80.3 Å². The Morgan fingerprint density at radius 3 is 1.21 bits per heavy atom. The third kappa shape index (κ3) is 1.92. The first-order valence-electron chi connectivity index (χ1n) is 3.59. The fraction of sp³-hybridized carbons (Fsp3) is 1.00. The second kappa shape index (κ2) is 4.13. The summed E-state index contributed by atoms with van der Waals surface area (Å²) in [7, 11) is -2.13. The molecule has 0 unspecified atom stereocenters. The van der Waals surface area contributed by atoms with Gasteiger partial charge in [-0.1, -0.05) is 0 Å². The van der Waals surface area contributed by atoms with E-state index in [-0.39, 0.29) is 6.92 Å². The van der Waals surface area contributed by atoms with Crippen molar-refractivity contribution in [2.24, 2.45) is 0 Å². The lowest BCUT2D eigenvalue weighted by atomic mass is 10.4. The van der Waals surface area contributed by atoms with Crippen molar-refractivity contribution >= 4 is 8.80 Å². The highest BCUT2D eigenvalue weighted by molar-refractivity contribution is 6.63. The van der Waals surface area contributed by atoms with Crippen molar-refractivity contribution in [2.75, 3.05) is 21.3 Å². The van der Waals surface area contributed by atoms with E-state index in [1.165, 1.54) is 0 Å². The molecule has 0 radical (unpaired) electrons. The van der Waals surface area contributed by atoms with Gasteiger partial charge in [0, 0.05) is 28.3 Å². The van der Waals surface area contributed by atoms with Gasteiger partial charge in [-0.05, 0) is 0 Å². The molecule has 0 spiro atoms. The van der Waals surface area contributed by atoms with Crippen molar-refractivity contribution in [2.45, 2.75) is 18.4 Å². The van der Waals surface area contributed by atoms with Crippen molar-refractivity contribution in [3.05, 3.63) is 0 Å². The molecule has 0 aromatic heterocycles. The number of alkyl halides is 4.